The zero-order valence-electron chi connectivity index (χ0n) is 17.7. The van der Waals surface area contributed by atoms with Gasteiger partial charge in [-0.15, -0.1) is 11.3 Å². The van der Waals surface area contributed by atoms with Crippen LogP contribution in [-0.2, 0) is 11.3 Å². The molecule has 1 aromatic heterocycles. The van der Waals surface area contributed by atoms with Gasteiger partial charge in [-0.3, -0.25) is 14.5 Å². The first-order valence-corrected chi connectivity index (χ1v) is 11.2. The van der Waals surface area contributed by atoms with E-state index in [1.165, 1.54) is 23.5 Å². The van der Waals surface area contributed by atoms with Crippen molar-refractivity contribution in [2.45, 2.75) is 18.9 Å². The van der Waals surface area contributed by atoms with Gasteiger partial charge in [0.15, 0.2) is 0 Å². The molecule has 1 fully saturated rings. The Hall–Kier alpha value is -2.77. The first-order valence-electron chi connectivity index (χ1n) is 10.4. The zero-order chi connectivity index (χ0) is 22.0. The van der Waals surface area contributed by atoms with Crippen LogP contribution in [-0.4, -0.2) is 55.3 Å². The van der Waals surface area contributed by atoms with Gasteiger partial charge >= 0.3 is 0 Å². The molecular formula is C24H26FN3O2S. The second-order valence-electron chi connectivity index (χ2n) is 8.04. The maximum absolute atomic E-state index is 13.1. The summed E-state index contributed by atoms with van der Waals surface area (Å²) in [5.41, 5.74) is 2.03. The quantitative estimate of drug-likeness (QED) is 0.635. The van der Waals surface area contributed by atoms with Gasteiger partial charge < -0.3 is 10.2 Å². The molecule has 2 amide bonds. The van der Waals surface area contributed by atoms with E-state index in [2.05, 4.69) is 11.4 Å². The summed E-state index contributed by atoms with van der Waals surface area (Å²) in [5.74, 6) is -0.106. The van der Waals surface area contributed by atoms with E-state index in [9.17, 15) is 14.0 Å². The van der Waals surface area contributed by atoms with E-state index < -0.39 is 0 Å². The average molecular weight is 440 g/mol. The van der Waals surface area contributed by atoms with Gasteiger partial charge in [-0.25, -0.2) is 4.39 Å². The molecule has 0 bridgehead atoms. The Kier molecular flexibility index (Phi) is 6.34. The average Bonchev–Trinajstić information content (AvgIpc) is 3.39. The summed E-state index contributed by atoms with van der Waals surface area (Å²) in [6, 6.07) is 14.4. The molecule has 1 aliphatic heterocycles. The molecule has 0 unspecified atom stereocenters. The van der Waals surface area contributed by atoms with E-state index in [0.29, 0.717) is 26.2 Å². The standard InChI is InChI=1S/C24H26FN3O2S/c1-26-24(30)23-22(19-5-3-4-6-20(19)31-23)17-11-12-28(14-17)21(29)15-27(2)13-16-7-9-18(25)10-8-16/h3-10,17H,11-15H2,1-2H3,(H,26,30)/t17-/m0/s1. The number of carbonyl (C=O) groups excluding carboxylic acids is 2. The predicted octanol–water partition coefficient (Wildman–Crippen LogP) is 3.85. The van der Waals surface area contributed by atoms with Crippen LogP contribution in [0.4, 0.5) is 4.39 Å². The number of likely N-dealkylation sites (N-methyl/N-ethyl adjacent to an activating group) is 1. The minimum Gasteiger partial charge on any atom is -0.354 e. The Labute approximate surface area is 185 Å². The Bertz CT molecular complexity index is 1100. The monoisotopic (exact) mass is 439 g/mol. The maximum atomic E-state index is 13.1. The molecule has 1 saturated heterocycles. The zero-order valence-corrected chi connectivity index (χ0v) is 18.5. The lowest BCUT2D eigenvalue weighted by Crippen LogP contribution is -2.37. The Balaban J connectivity index is 1.45. The third-order valence-corrected chi connectivity index (χ3v) is 6.97. The number of amides is 2. The topological polar surface area (TPSA) is 52.7 Å². The minimum atomic E-state index is -0.261. The molecule has 0 aliphatic carbocycles. The van der Waals surface area contributed by atoms with Crippen molar-refractivity contribution in [3.05, 3.63) is 70.4 Å². The first-order chi connectivity index (χ1) is 15.0. The van der Waals surface area contributed by atoms with Crippen LogP contribution in [0.25, 0.3) is 10.1 Å². The van der Waals surface area contributed by atoms with Crippen molar-refractivity contribution in [3.63, 3.8) is 0 Å². The van der Waals surface area contributed by atoms with Crippen molar-refractivity contribution in [1.82, 2.24) is 15.1 Å². The summed E-state index contributed by atoms with van der Waals surface area (Å²) >= 11 is 1.52. The fourth-order valence-electron chi connectivity index (χ4n) is 4.26. The number of rotatable bonds is 6. The van der Waals surface area contributed by atoms with Crippen molar-refractivity contribution < 1.29 is 14.0 Å². The van der Waals surface area contributed by atoms with Crippen LogP contribution in [0, 0.1) is 5.82 Å². The van der Waals surface area contributed by atoms with Crippen LogP contribution in [0.1, 0.15) is 33.1 Å². The number of benzene rings is 2. The normalized spacial score (nSPS) is 16.3. The summed E-state index contributed by atoms with van der Waals surface area (Å²) in [6.45, 7) is 2.19. The Morgan fingerprint density at radius 3 is 2.68 bits per heavy atom. The molecule has 1 atom stereocenters. The van der Waals surface area contributed by atoms with Crippen molar-refractivity contribution in [2.24, 2.45) is 0 Å². The van der Waals surface area contributed by atoms with Crippen LogP contribution >= 0.6 is 11.3 Å². The van der Waals surface area contributed by atoms with E-state index in [1.54, 1.807) is 19.2 Å². The van der Waals surface area contributed by atoms with Gasteiger partial charge in [0.1, 0.15) is 5.82 Å². The molecule has 5 nitrogen and oxygen atoms in total. The van der Waals surface area contributed by atoms with Gasteiger partial charge in [-0.05, 0) is 48.2 Å². The summed E-state index contributed by atoms with van der Waals surface area (Å²) in [4.78, 5) is 30.0. The smallest absolute Gasteiger partial charge is 0.261 e. The molecule has 2 aromatic carbocycles. The number of nitrogens with one attached hydrogen (secondary N) is 1. The fourth-order valence-corrected chi connectivity index (χ4v) is 5.50. The maximum Gasteiger partial charge on any atom is 0.261 e. The number of halogens is 1. The largest absolute Gasteiger partial charge is 0.354 e. The van der Waals surface area contributed by atoms with E-state index >= 15 is 0 Å². The molecule has 31 heavy (non-hydrogen) atoms. The molecule has 0 saturated carbocycles. The van der Waals surface area contributed by atoms with Crippen LogP contribution in [0.15, 0.2) is 48.5 Å². The predicted molar refractivity (Wildman–Crippen MR) is 122 cm³/mol. The van der Waals surface area contributed by atoms with Crippen molar-refractivity contribution in [2.75, 3.05) is 33.7 Å². The summed E-state index contributed by atoms with van der Waals surface area (Å²) in [7, 11) is 3.54. The Morgan fingerprint density at radius 2 is 1.94 bits per heavy atom. The molecule has 1 aliphatic rings. The number of fused-ring (bicyclic) bond motifs is 1. The molecule has 7 heteroatoms. The third-order valence-electron chi connectivity index (χ3n) is 5.79. The van der Waals surface area contributed by atoms with Gasteiger partial charge in [0.2, 0.25) is 5.91 Å². The van der Waals surface area contributed by atoms with E-state index in [0.717, 1.165) is 32.5 Å². The summed E-state index contributed by atoms with van der Waals surface area (Å²) < 4.78 is 14.2. The number of nitrogens with zero attached hydrogens (tertiary/aromatic N) is 2. The molecule has 0 radical (unpaired) electrons. The third kappa shape index (κ3) is 4.62. The van der Waals surface area contributed by atoms with E-state index in [-0.39, 0.29) is 23.5 Å². The molecule has 4 rings (SSSR count). The van der Waals surface area contributed by atoms with Crippen molar-refractivity contribution in [1.29, 1.82) is 0 Å². The second-order valence-corrected chi connectivity index (χ2v) is 9.10. The van der Waals surface area contributed by atoms with Gasteiger partial charge in [-0.1, -0.05) is 30.3 Å². The first kappa shape index (κ1) is 21.5. The van der Waals surface area contributed by atoms with Crippen LogP contribution < -0.4 is 5.32 Å². The van der Waals surface area contributed by atoms with Crippen LogP contribution in [0.5, 0.6) is 0 Å². The fraction of sp³-hybridized carbons (Fsp3) is 0.333. The molecular weight excluding hydrogens is 413 g/mol. The molecule has 162 valence electrons. The number of carbonyl (C=O) groups is 2. The highest BCUT2D eigenvalue weighted by atomic mass is 32.1. The Morgan fingerprint density at radius 1 is 1.19 bits per heavy atom. The number of hydrogen-bond donors (Lipinski definition) is 1. The van der Waals surface area contributed by atoms with Crippen LogP contribution in [0.3, 0.4) is 0 Å². The molecule has 0 spiro atoms. The van der Waals surface area contributed by atoms with Gasteiger partial charge in [-0.2, -0.15) is 0 Å². The van der Waals surface area contributed by atoms with Gasteiger partial charge in [0.05, 0.1) is 11.4 Å². The summed E-state index contributed by atoms with van der Waals surface area (Å²) in [6.07, 6.45) is 0.845. The lowest BCUT2D eigenvalue weighted by atomic mass is 9.95. The van der Waals surface area contributed by atoms with Crippen molar-refractivity contribution >= 4 is 33.2 Å². The van der Waals surface area contributed by atoms with E-state index in [4.69, 9.17) is 0 Å². The number of thiophene rings is 1. The minimum absolute atomic E-state index is 0.0694. The highest BCUT2D eigenvalue weighted by Crippen LogP contribution is 2.40. The SMILES string of the molecule is CNC(=O)c1sc2ccccc2c1[C@H]1CCN(C(=O)CN(C)Cc2ccc(F)cc2)C1. The van der Waals surface area contributed by atoms with E-state index in [1.807, 2.05) is 35.0 Å². The molecule has 2 heterocycles. The van der Waals surface area contributed by atoms with Gasteiger partial charge in [0, 0.05) is 37.3 Å². The van der Waals surface area contributed by atoms with Crippen molar-refractivity contribution in [3.8, 4) is 0 Å². The molecule has 3 aromatic rings. The second kappa shape index (κ2) is 9.16. The van der Waals surface area contributed by atoms with Gasteiger partial charge in [0.25, 0.3) is 5.91 Å². The number of likely N-dealkylation sites (tertiary alicyclic amines) is 1. The highest BCUT2D eigenvalue weighted by Gasteiger charge is 2.32. The van der Waals surface area contributed by atoms with Crippen LogP contribution in [0.2, 0.25) is 0 Å². The lowest BCUT2D eigenvalue weighted by molar-refractivity contribution is -0.131. The number of hydrogen-bond acceptors (Lipinski definition) is 4. The summed E-state index contributed by atoms with van der Waals surface area (Å²) in [5, 5.41) is 3.86. The highest BCUT2D eigenvalue weighted by molar-refractivity contribution is 7.21. The lowest BCUT2D eigenvalue weighted by Gasteiger charge is -2.22. The molecule has 1 N–H and O–H groups in total.